The van der Waals surface area contributed by atoms with E-state index in [1.165, 1.54) is 12.3 Å². The minimum Gasteiger partial charge on any atom is -0.480 e. The summed E-state index contributed by atoms with van der Waals surface area (Å²) in [5.74, 6) is -1.06. The lowest BCUT2D eigenvalue weighted by atomic mass is 9.86. The van der Waals surface area contributed by atoms with Crippen LogP contribution in [0.5, 0.6) is 0 Å². The lowest BCUT2D eigenvalue weighted by Gasteiger charge is -2.28. The van der Waals surface area contributed by atoms with Crippen molar-refractivity contribution in [2.75, 3.05) is 5.32 Å². The first kappa shape index (κ1) is 13.9. The van der Waals surface area contributed by atoms with Crippen molar-refractivity contribution >= 4 is 17.3 Å². The fourth-order valence-corrected chi connectivity index (χ4v) is 1.46. The van der Waals surface area contributed by atoms with Crippen LogP contribution in [-0.4, -0.2) is 27.0 Å². The van der Waals surface area contributed by atoms with Gasteiger partial charge in [0.1, 0.15) is 17.9 Å². The van der Waals surface area contributed by atoms with Gasteiger partial charge in [-0.05, 0) is 11.5 Å². The lowest BCUT2D eigenvalue weighted by Crippen LogP contribution is -2.41. The zero-order valence-electron chi connectivity index (χ0n) is 10.4. The number of aliphatic carboxylic acids is 1. The lowest BCUT2D eigenvalue weighted by molar-refractivity contribution is -0.384. The van der Waals surface area contributed by atoms with Gasteiger partial charge in [-0.2, -0.15) is 0 Å². The number of carboxylic acids is 1. The monoisotopic (exact) mass is 253 g/mol. The first-order chi connectivity index (χ1) is 8.23. The minimum atomic E-state index is -1.06. The van der Waals surface area contributed by atoms with E-state index in [0.29, 0.717) is 0 Å². The average molecular weight is 253 g/mol. The highest BCUT2D eigenvalue weighted by Crippen LogP contribution is 2.28. The number of nitrogens with zero attached hydrogens (tertiary/aromatic N) is 2. The second kappa shape index (κ2) is 4.99. The fraction of sp³-hybridized carbons (Fsp3) is 0.455. The third kappa shape index (κ3) is 3.16. The molecule has 0 spiro atoms. The molecule has 0 saturated heterocycles. The molecule has 0 unspecified atom stereocenters. The van der Waals surface area contributed by atoms with Crippen LogP contribution in [0.25, 0.3) is 0 Å². The third-order valence-corrected chi connectivity index (χ3v) is 2.41. The van der Waals surface area contributed by atoms with E-state index in [4.69, 9.17) is 5.11 Å². The molecule has 2 N–H and O–H groups in total. The summed E-state index contributed by atoms with van der Waals surface area (Å²) in [6.45, 7) is 5.23. The van der Waals surface area contributed by atoms with Gasteiger partial charge in [0.05, 0.1) is 4.92 Å². The molecule has 7 heteroatoms. The van der Waals surface area contributed by atoms with Crippen LogP contribution in [0.1, 0.15) is 20.8 Å². The molecule has 0 aliphatic heterocycles. The topological polar surface area (TPSA) is 105 Å². The van der Waals surface area contributed by atoms with E-state index in [1.54, 1.807) is 20.8 Å². The Morgan fingerprint density at radius 2 is 2.17 bits per heavy atom. The first-order valence-electron chi connectivity index (χ1n) is 5.31. The Morgan fingerprint density at radius 3 is 2.61 bits per heavy atom. The molecule has 1 heterocycles. The van der Waals surface area contributed by atoms with Gasteiger partial charge < -0.3 is 10.4 Å². The Bertz CT molecular complexity index is 468. The fourth-order valence-electron chi connectivity index (χ4n) is 1.46. The normalized spacial score (nSPS) is 12.8. The summed E-state index contributed by atoms with van der Waals surface area (Å²) in [6.07, 6.45) is 2.46. The molecule has 1 aromatic heterocycles. The standard InChI is InChI=1S/C11H15N3O4/c1-11(2,3)9(10(15)16)13-7-4-5-12-6-8(7)14(17)18/h4-6,9H,1-3H3,(H,12,13)(H,15,16)/t9-/m1/s1. The smallest absolute Gasteiger partial charge is 0.326 e. The van der Waals surface area contributed by atoms with Crippen LogP contribution in [0, 0.1) is 15.5 Å². The minimum absolute atomic E-state index is 0.150. The number of anilines is 1. The summed E-state index contributed by atoms with van der Waals surface area (Å²) in [7, 11) is 0. The Balaban J connectivity index is 3.09. The highest BCUT2D eigenvalue weighted by atomic mass is 16.6. The summed E-state index contributed by atoms with van der Waals surface area (Å²) in [5, 5.41) is 22.6. The number of nitrogens with one attached hydrogen (secondary N) is 1. The summed E-state index contributed by atoms with van der Waals surface area (Å²) < 4.78 is 0. The van der Waals surface area contributed by atoms with Crippen LogP contribution in [-0.2, 0) is 4.79 Å². The van der Waals surface area contributed by atoms with Crippen LogP contribution in [0.15, 0.2) is 18.5 Å². The van der Waals surface area contributed by atoms with Gasteiger partial charge in [-0.25, -0.2) is 4.79 Å². The van der Waals surface area contributed by atoms with E-state index in [-0.39, 0.29) is 11.4 Å². The maximum absolute atomic E-state index is 11.2. The van der Waals surface area contributed by atoms with Crippen molar-refractivity contribution in [1.29, 1.82) is 0 Å². The van der Waals surface area contributed by atoms with Crippen LogP contribution < -0.4 is 5.32 Å². The van der Waals surface area contributed by atoms with Gasteiger partial charge in [0.2, 0.25) is 0 Å². The molecule has 0 bridgehead atoms. The Kier molecular flexibility index (Phi) is 3.85. The zero-order chi connectivity index (χ0) is 13.9. The molecule has 18 heavy (non-hydrogen) atoms. The molecule has 7 nitrogen and oxygen atoms in total. The van der Waals surface area contributed by atoms with Crippen LogP contribution >= 0.6 is 0 Å². The molecule has 98 valence electrons. The maximum Gasteiger partial charge on any atom is 0.326 e. The first-order valence-corrected chi connectivity index (χ1v) is 5.31. The van der Waals surface area contributed by atoms with Gasteiger partial charge in [0, 0.05) is 6.20 Å². The summed E-state index contributed by atoms with van der Waals surface area (Å²) in [6, 6.07) is 0.457. The summed E-state index contributed by atoms with van der Waals surface area (Å²) in [4.78, 5) is 25.0. The van der Waals surface area contributed by atoms with Crippen molar-refractivity contribution in [2.24, 2.45) is 5.41 Å². The van der Waals surface area contributed by atoms with E-state index in [2.05, 4.69) is 10.3 Å². The molecular formula is C11H15N3O4. The van der Waals surface area contributed by atoms with Crippen molar-refractivity contribution in [3.05, 3.63) is 28.6 Å². The molecule has 1 aromatic rings. The number of carboxylic acid groups (broad SMARTS) is 1. The van der Waals surface area contributed by atoms with Gasteiger partial charge in [-0.15, -0.1) is 0 Å². The van der Waals surface area contributed by atoms with E-state index in [9.17, 15) is 14.9 Å². The van der Waals surface area contributed by atoms with Gasteiger partial charge in [0.15, 0.2) is 0 Å². The summed E-state index contributed by atoms with van der Waals surface area (Å²) in [5.41, 5.74) is -0.673. The van der Waals surface area contributed by atoms with Crippen molar-refractivity contribution in [3.8, 4) is 0 Å². The van der Waals surface area contributed by atoms with Crippen molar-refractivity contribution < 1.29 is 14.8 Å². The third-order valence-electron chi connectivity index (χ3n) is 2.41. The van der Waals surface area contributed by atoms with Gasteiger partial charge in [-0.1, -0.05) is 20.8 Å². The second-order valence-electron chi connectivity index (χ2n) is 4.93. The van der Waals surface area contributed by atoms with Crippen molar-refractivity contribution in [3.63, 3.8) is 0 Å². The predicted molar refractivity (Wildman–Crippen MR) is 65.4 cm³/mol. The van der Waals surface area contributed by atoms with Crippen LogP contribution in [0.2, 0.25) is 0 Å². The molecule has 0 aliphatic carbocycles. The molecule has 0 radical (unpaired) electrons. The number of pyridine rings is 1. The second-order valence-corrected chi connectivity index (χ2v) is 4.93. The van der Waals surface area contributed by atoms with Crippen molar-refractivity contribution in [2.45, 2.75) is 26.8 Å². The molecule has 0 saturated carbocycles. The van der Waals surface area contributed by atoms with Crippen molar-refractivity contribution in [1.82, 2.24) is 4.98 Å². The average Bonchev–Trinajstić information content (AvgIpc) is 2.24. The maximum atomic E-state index is 11.2. The number of hydrogen-bond donors (Lipinski definition) is 2. The molecule has 0 amide bonds. The Labute approximate surface area is 104 Å². The van der Waals surface area contributed by atoms with Gasteiger partial charge in [-0.3, -0.25) is 15.1 Å². The highest BCUT2D eigenvalue weighted by Gasteiger charge is 2.32. The SMILES string of the molecule is CC(C)(C)[C@H](Nc1ccncc1[N+](=O)[O-])C(=O)O. The van der Waals surface area contributed by atoms with E-state index >= 15 is 0 Å². The number of rotatable bonds is 4. The molecule has 0 fully saturated rings. The van der Waals surface area contributed by atoms with Gasteiger partial charge >= 0.3 is 11.7 Å². The van der Waals surface area contributed by atoms with E-state index < -0.39 is 22.3 Å². The van der Waals surface area contributed by atoms with E-state index in [1.807, 2.05) is 0 Å². The molecule has 0 aromatic carbocycles. The number of aromatic nitrogens is 1. The largest absolute Gasteiger partial charge is 0.480 e. The predicted octanol–water partition coefficient (Wildman–Crippen LogP) is 1.90. The Morgan fingerprint density at radius 1 is 1.56 bits per heavy atom. The van der Waals surface area contributed by atoms with Crippen LogP contribution in [0.4, 0.5) is 11.4 Å². The molecule has 1 atom stereocenters. The molecule has 0 aliphatic rings. The molecule has 1 rings (SSSR count). The number of nitro groups is 1. The zero-order valence-corrected chi connectivity index (χ0v) is 10.4. The van der Waals surface area contributed by atoms with E-state index in [0.717, 1.165) is 6.20 Å². The highest BCUT2D eigenvalue weighted by molar-refractivity contribution is 5.79. The quantitative estimate of drug-likeness (QED) is 0.627. The molecular weight excluding hydrogens is 238 g/mol. The Hall–Kier alpha value is -2.18. The summed E-state index contributed by atoms with van der Waals surface area (Å²) >= 11 is 0. The number of hydrogen-bond acceptors (Lipinski definition) is 5. The van der Waals surface area contributed by atoms with Gasteiger partial charge in [0.25, 0.3) is 0 Å². The number of carbonyl (C=O) groups is 1. The van der Waals surface area contributed by atoms with Crippen LogP contribution in [0.3, 0.4) is 0 Å².